The van der Waals surface area contributed by atoms with Crippen molar-refractivity contribution in [2.24, 2.45) is 0 Å². The molecule has 1 unspecified atom stereocenters. The van der Waals surface area contributed by atoms with Crippen LogP contribution in [0.25, 0.3) is 16.0 Å². The molecule has 1 aliphatic rings. The van der Waals surface area contributed by atoms with Crippen LogP contribution in [0, 0.1) is 13.8 Å². The number of ether oxygens (including phenoxy) is 1. The molecule has 2 aromatic heterocycles. The molecule has 1 amide bonds. The van der Waals surface area contributed by atoms with E-state index in [1.54, 1.807) is 12.1 Å². The number of carbonyl (C=O) groups is 2. The second-order valence-electron chi connectivity index (χ2n) is 9.46. The van der Waals surface area contributed by atoms with Gasteiger partial charge in [-0.05, 0) is 67.3 Å². The van der Waals surface area contributed by atoms with Gasteiger partial charge in [-0.25, -0.2) is 4.98 Å². The molecule has 1 saturated heterocycles. The number of unbranched alkanes of at least 4 members (excludes halogenated alkanes) is 2. The topological polar surface area (TPSA) is 92.6 Å². The summed E-state index contributed by atoms with van der Waals surface area (Å²) in [6.07, 6.45) is 6.16. The van der Waals surface area contributed by atoms with Gasteiger partial charge in [-0.3, -0.25) is 19.5 Å². The van der Waals surface area contributed by atoms with Crippen LogP contribution in [0.15, 0.2) is 66.5 Å². The van der Waals surface area contributed by atoms with Gasteiger partial charge in [0.25, 0.3) is 5.78 Å². The Morgan fingerprint density at radius 2 is 1.87 bits per heavy atom. The second kappa shape index (κ2) is 10.8. The quantitative estimate of drug-likeness (QED) is 0.122. The van der Waals surface area contributed by atoms with E-state index in [0.717, 1.165) is 40.6 Å². The first kappa shape index (κ1) is 25.6. The van der Waals surface area contributed by atoms with E-state index in [2.05, 4.69) is 11.9 Å². The van der Waals surface area contributed by atoms with Gasteiger partial charge in [-0.2, -0.15) is 0 Å². The summed E-state index contributed by atoms with van der Waals surface area (Å²) in [5.41, 5.74) is 3.95. The number of thiazole rings is 1. The van der Waals surface area contributed by atoms with Crippen molar-refractivity contribution < 1.29 is 19.4 Å². The number of hydrogen-bond acceptors (Lipinski definition) is 7. The molecule has 8 heteroatoms. The number of benzene rings is 2. The molecule has 0 bridgehead atoms. The molecule has 1 aliphatic heterocycles. The minimum absolute atomic E-state index is 0.0106. The van der Waals surface area contributed by atoms with Gasteiger partial charge in [-0.15, -0.1) is 0 Å². The van der Waals surface area contributed by atoms with Gasteiger partial charge in [0.2, 0.25) is 0 Å². The minimum Gasteiger partial charge on any atom is -0.507 e. The molecule has 0 saturated carbocycles. The number of aliphatic hydroxyl groups is 1. The van der Waals surface area contributed by atoms with E-state index in [-0.39, 0.29) is 11.3 Å². The number of pyridine rings is 1. The number of ketones is 1. The lowest BCUT2D eigenvalue weighted by Crippen LogP contribution is -2.29. The highest BCUT2D eigenvalue weighted by Crippen LogP contribution is 2.45. The molecule has 1 fully saturated rings. The molecule has 1 atom stereocenters. The van der Waals surface area contributed by atoms with E-state index in [1.807, 2.05) is 50.2 Å². The molecule has 0 spiro atoms. The fourth-order valence-corrected chi connectivity index (χ4v) is 5.96. The van der Waals surface area contributed by atoms with Gasteiger partial charge in [-0.1, -0.05) is 49.3 Å². The fourth-order valence-electron chi connectivity index (χ4n) is 4.79. The van der Waals surface area contributed by atoms with Gasteiger partial charge >= 0.3 is 5.91 Å². The van der Waals surface area contributed by atoms with Gasteiger partial charge in [0, 0.05) is 18.0 Å². The number of anilines is 1. The third-order valence-electron chi connectivity index (χ3n) is 6.61. The highest BCUT2D eigenvalue weighted by molar-refractivity contribution is 7.22. The second-order valence-corrected chi connectivity index (χ2v) is 10.5. The van der Waals surface area contributed by atoms with Crippen molar-refractivity contribution in [3.05, 3.63) is 88.8 Å². The zero-order chi connectivity index (χ0) is 26.8. The summed E-state index contributed by atoms with van der Waals surface area (Å²) in [7, 11) is 0. The van der Waals surface area contributed by atoms with E-state index in [0.29, 0.717) is 28.6 Å². The van der Waals surface area contributed by atoms with Crippen LogP contribution in [0.2, 0.25) is 0 Å². The van der Waals surface area contributed by atoms with Crippen molar-refractivity contribution in [3.8, 4) is 5.75 Å². The number of fused-ring (bicyclic) bond motifs is 1. The third kappa shape index (κ3) is 4.79. The molecule has 5 rings (SSSR count). The standard InChI is InChI=1S/C30H29N3O4S/c1-4-5-6-14-37-22-9-7-8-21(17-22)26-24(27(34)20-10-12-31-13-11-20)28(35)29(36)33(26)30-32-25-19(3)15-18(2)16-23(25)38-30/h7-13,15-17,26,34H,4-6,14H2,1-3H3. The van der Waals surface area contributed by atoms with E-state index in [4.69, 9.17) is 9.72 Å². The zero-order valence-electron chi connectivity index (χ0n) is 21.6. The third-order valence-corrected chi connectivity index (χ3v) is 7.61. The van der Waals surface area contributed by atoms with Gasteiger partial charge < -0.3 is 9.84 Å². The maximum absolute atomic E-state index is 13.5. The van der Waals surface area contributed by atoms with E-state index >= 15 is 0 Å². The molecule has 4 aromatic rings. The molecule has 0 radical (unpaired) electrons. The van der Waals surface area contributed by atoms with Crippen LogP contribution in [-0.4, -0.2) is 33.4 Å². The number of carbonyl (C=O) groups excluding carboxylic acids is 2. The summed E-state index contributed by atoms with van der Waals surface area (Å²) in [6, 6.07) is 13.8. The maximum Gasteiger partial charge on any atom is 0.301 e. The van der Waals surface area contributed by atoms with Gasteiger partial charge in [0.15, 0.2) is 5.13 Å². The Hall–Kier alpha value is -4.04. The van der Waals surface area contributed by atoms with Crippen LogP contribution in [-0.2, 0) is 9.59 Å². The summed E-state index contributed by atoms with van der Waals surface area (Å²) >= 11 is 1.36. The van der Waals surface area contributed by atoms with Crippen molar-refractivity contribution >= 4 is 44.1 Å². The van der Waals surface area contributed by atoms with Crippen LogP contribution in [0.5, 0.6) is 5.75 Å². The molecular weight excluding hydrogens is 498 g/mol. The molecule has 3 heterocycles. The minimum atomic E-state index is -0.871. The first-order valence-electron chi connectivity index (χ1n) is 12.7. The number of amides is 1. The smallest absolute Gasteiger partial charge is 0.301 e. The molecule has 7 nitrogen and oxygen atoms in total. The van der Waals surface area contributed by atoms with Crippen LogP contribution in [0.1, 0.15) is 54.5 Å². The zero-order valence-corrected chi connectivity index (χ0v) is 22.4. The van der Waals surface area contributed by atoms with E-state index in [9.17, 15) is 14.7 Å². The summed E-state index contributed by atoms with van der Waals surface area (Å²) < 4.78 is 6.90. The number of rotatable bonds is 8. The Morgan fingerprint density at radius 1 is 1.08 bits per heavy atom. The Morgan fingerprint density at radius 3 is 2.63 bits per heavy atom. The van der Waals surface area contributed by atoms with Crippen molar-refractivity contribution in [2.75, 3.05) is 11.5 Å². The Bertz CT molecular complexity index is 1540. The number of hydrogen-bond donors (Lipinski definition) is 1. The lowest BCUT2D eigenvalue weighted by atomic mass is 9.95. The Labute approximate surface area is 225 Å². The van der Waals surface area contributed by atoms with Crippen molar-refractivity contribution in [3.63, 3.8) is 0 Å². The van der Waals surface area contributed by atoms with Crippen LogP contribution in [0.4, 0.5) is 5.13 Å². The lowest BCUT2D eigenvalue weighted by Gasteiger charge is -2.23. The number of Topliss-reactive ketones (excluding diaryl/α,β-unsaturated/α-hetero) is 1. The Kier molecular flexibility index (Phi) is 7.24. The Balaban J connectivity index is 1.65. The number of aliphatic hydroxyl groups excluding tert-OH is 1. The summed E-state index contributed by atoms with van der Waals surface area (Å²) in [5, 5.41) is 11.7. The van der Waals surface area contributed by atoms with Crippen molar-refractivity contribution in [1.29, 1.82) is 0 Å². The predicted molar refractivity (Wildman–Crippen MR) is 150 cm³/mol. The average molecular weight is 528 g/mol. The van der Waals surface area contributed by atoms with Crippen LogP contribution in [0.3, 0.4) is 0 Å². The molecule has 194 valence electrons. The van der Waals surface area contributed by atoms with E-state index < -0.39 is 17.7 Å². The summed E-state index contributed by atoms with van der Waals surface area (Å²) in [6.45, 7) is 6.70. The first-order chi connectivity index (χ1) is 18.4. The monoisotopic (exact) mass is 527 g/mol. The molecule has 1 N–H and O–H groups in total. The average Bonchev–Trinajstić information content (AvgIpc) is 3.45. The van der Waals surface area contributed by atoms with E-state index in [1.165, 1.54) is 28.6 Å². The molecule has 38 heavy (non-hydrogen) atoms. The molecular formula is C30H29N3O4S. The SMILES string of the molecule is CCCCCOc1cccc(C2C(=C(O)c3ccncc3)C(=O)C(=O)N2c2nc3c(C)cc(C)cc3s2)c1. The largest absolute Gasteiger partial charge is 0.507 e. The number of aryl methyl sites for hydroxylation is 2. The number of aromatic nitrogens is 2. The van der Waals surface area contributed by atoms with Crippen LogP contribution < -0.4 is 9.64 Å². The molecule has 2 aromatic carbocycles. The van der Waals surface area contributed by atoms with Gasteiger partial charge in [0.1, 0.15) is 11.5 Å². The lowest BCUT2D eigenvalue weighted by molar-refractivity contribution is -0.132. The van der Waals surface area contributed by atoms with Crippen molar-refractivity contribution in [2.45, 2.75) is 46.1 Å². The number of nitrogens with zero attached hydrogens (tertiary/aromatic N) is 3. The normalized spacial score (nSPS) is 16.9. The fraction of sp³-hybridized carbons (Fsp3) is 0.267. The first-order valence-corrected chi connectivity index (χ1v) is 13.5. The highest BCUT2D eigenvalue weighted by Gasteiger charge is 2.48. The van der Waals surface area contributed by atoms with Crippen molar-refractivity contribution in [1.82, 2.24) is 9.97 Å². The molecule has 0 aliphatic carbocycles. The summed E-state index contributed by atoms with van der Waals surface area (Å²) in [5.74, 6) is -1.09. The van der Waals surface area contributed by atoms with Gasteiger partial charge in [0.05, 0.1) is 28.4 Å². The van der Waals surface area contributed by atoms with Crippen LogP contribution >= 0.6 is 11.3 Å². The maximum atomic E-state index is 13.5. The summed E-state index contributed by atoms with van der Waals surface area (Å²) in [4.78, 5) is 37.2. The highest BCUT2D eigenvalue weighted by atomic mass is 32.1. The predicted octanol–water partition coefficient (Wildman–Crippen LogP) is 6.50.